The van der Waals surface area contributed by atoms with Gasteiger partial charge in [-0.2, -0.15) is 0 Å². The van der Waals surface area contributed by atoms with Crippen molar-refractivity contribution >= 4 is 5.97 Å². The fraction of sp³-hybridized carbons (Fsp3) is 0.611. The van der Waals surface area contributed by atoms with Crippen molar-refractivity contribution in [2.75, 3.05) is 0 Å². The van der Waals surface area contributed by atoms with Gasteiger partial charge in [0.2, 0.25) is 0 Å². The van der Waals surface area contributed by atoms with Gasteiger partial charge in [-0.3, -0.25) is 0 Å². The second-order valence-corrected chi connectivity index (χ2v) is 5.90. The predicted molar refractivity (Wildman–Crippen MR) is 83.2 cm³/mol. The molecule has 0 amide bonds. The van der Waals surface area contributed by atoms with Crippen LogP contribution >= 0.6 is 0 Å². The summed E-state index contributed by atoms with van der Waals surface area (Å²) in [4.78, 5) is 11.2. The van der Waals surface area contributed by atoms with E-state index in [0.717, 1.165) is 51.4 Å². The lowest BCUT2D eigenvalue weighted by Crippen LogP contribution is -2.30. The van der Waals surface area contributed by atoms with E-state index >= 15 is 0 Å². The summed E-state index contributed by atoms with van der Waals surface area (Å²) in [7, 11) is 0. The second kappa shape index (κ2) is 7.34. The van der Waals surface area contributed by atoms with Gasteiger partial charge in [0, 0.05) is 5.57 Å². The van der Waals surface area contributed by atoms with E-state index in [4.69, 9.17) is 17.6 Å². The molecule has 2 rings (SSSR count). The lowest BCUT2D eigenvalue weighted by atomic mass is 10.0. The van der Waals surface area contributed by atoms with Crippen LogP contribution in [-0.4, -0.2) is 22.3 Å². The quantitative estimate of drug-likeness (QED) is 0.483. The summed E-state index contributed by atoms with van der Waals surface area (Å²) in [6.07, 6.45) is 17.8. The van der Waals surface area contributed by atoms with Crippen molar-refractivity contribution in [3.05, 3.63) is 12.2 Å². The number of terminal acetylenes is 2. The summed E-state index contributed by atoms with van der Waals surface area (Å²) < 4.78 is 5.23. The van der Waals surface area contributed by atoms with E-state index in [9.17, 15) is 9.90 Å². The molecule has 0 aromatic heterocycles. The Labute approximate surface area is 127 Å². The maximum atomic E-state index is 11.2. The fourth-order valence-corrected chi connectivity index (χ4v) is 2.59. The van der Waals surface area contributed by atoms with Gasteiger partial charge in [-0.1, -0.05) is 18.4 Å². The van der Waals surface area contributed by atoms with Gasteiger partial charge in [-0.25, -0.2) is 4.79 Å². The summed E-state index contributed by atoms with van der Waals surface area (Å²) in [5.74, 6) is 4.60. The van der Waals surface area contributed by atoms with E-state index in [1.54, 1.807) is 6.92 Å². The van der Waals surface area contributed by atoms with Gasteiger partial charge < -0.3 is 9.84 Å². The van der Waals surface area contributed by atoms with Crippen LogP contribution in [0, 0.1) is 24.7 Å². The molecule has 3 nitrogen and oxygen atoms in total. The smallest absolute Gasteiger partial charge is 0.334 e. The Kier molecular flexibility index (Phi) is 6.06. The summed E-state index contributed by atoms with van der Waals surface area (Å²) >= 11 is 0. The third-order valence-electron chi connectivity index (χ3n) is 4.01. The molecule has 0 unspecified atom stereocenters. The van der Waals surface area contributed by atoms with Crippen molar-refractivity contribution in [1.82, 2.24) is 0 Å². The number of carbonyl (C=O) groups is 1. The Morgan fingerprint density at radius 1 is 1.10 bits per heavy atom. The Hall–Kier alpha value is -1.71. The predicted octanol–water partition coefficient (Wildman–Crippen LogP) is 2.98. The zero-order chi connectivity index (χ0) is 15.9. The molecule has 114 valence electrons. The van der Waals surface area contributed by atoms with Crippen molar-refractivity contribution in [1.29, 1.82) is 0 Å². The first-order valence-corrected chi connectivity index (χ1v) is 7.43. The number of carbonyl (C=O) groups excluding carboxylic acids is 1. The Balaban J connectivity index is 0.000000235. The van der Waals surface area contributed by atoms with Crippen LogP contribution in [0.25, 0.3) is 0 Å². The van der Waals surface area contributed by atoms with Crippen LogP contribution < -0.4 is 0 Å². The summed E-state index contributed by atoms with van der Waals surface area (Å²) in [6.45, 7) is 5.15. The summed E-state index contributed by atoms with van der Waals surface area (Å²) in [6, 6.07) is 0. The zero-order valence-electron chi connectivity index (χ0n) is 12.8. The first-order chi connectivity index (χ1) is 9.86. The second-order valence-electron chi connectivity index (χ2n) is 5.90. The molecule has 0 saturated heterocycles. The highest BCUT2D eigenvalue weighted by Crippen LogP contribution is 2.33. The van der Waals surface area contributed by atoms with Gasteiger partial charge in [-0.15, -0.1) is 12.8 Å². The van der Waals surface area contributed by atoms with Crippen LogP contribution in [0.15, 0.2) is 12.2 Å². The highest BCUT2D eigenvalue weighted by atomic mass is 16.6. The minimum atomic E-state index is -0.736. The molecule has 0 aliphatic heterocycles. The molecule has 2 aliphatic carbocycles. The number of ether oxygens (including phenoxy) is 1. The van der Waals surface area contributed by atoms with Gasteiger partial charge in [0.25, 0.3) is 0 Å². The molecule has 0 heterocycles. The number of aliphatic hydroxyl groups is 1. The lowest BCUT2D eigenvalue weighted by Gasteiger charge is -2.22. The van der Waals surface area contributed by atoms with E-state index in [2.05, 4.69) is 18.4 Å². The van der Waals surface area contributed by atoms with E-state index in [0.29, 0.717) is 5.57 Å². The van der Waals surface area contributed by atoms with Crippen LogP contribution in [0.5, 0.6) is 0 Å². The fourth-order valence-electron chi connectivity index (χ4n) is 2.59. The first kappa shape index (κ1) is 17.3. The maximum Gasteiger partial charge on any atom is 0.334 e. The first-order valence-electron chi connectivity index (χ1n) is 7.43. The molecule has 21 heavy (non-hydrogen) atoms. The summed E-state index contributed by atoms with van der Waals surface area (Å²) in [5, 5.41) is 9.26. The number of rotatable bonds is 2. The van der Waals surface area contributed by atoms with Crippen molar-refractivity contribution in [2.24, 2.45) is 0 Å². The average molecular weight is 288 g/mol. The van der Waals surface area contributed by atoms with Gasteiger partial charge in [-0.05, 0) is 58.3 Å². The third kappa shape index (κ3) is 4.96. The monoisotopic (exact) mass is 288 g/mol. The normalized spacial score (nSPS) is 21.3. The molecule has 0 atom stereocenters. The highest BCUT2D eigenvalue weighted by Gasteiger charge is 2.35. The van der Waals surface area contributed by atoms with E-state index in [1.165, 1.54) is 0 Å². The summed E-state index contributed by atoms with van der Waals surface area (Å²) in [5.41, 5.74) is -0.975. The molecule has 2 saturated carbocycles. The SMILES string of the molecule is C#CC1(O)CCCC1.C#CC1(OC(=O)C(=C)C)CCCC1. The molecule has 2 fully saturated rings. The van der Waals surface area contributed by atoms with Crippen molar-refractivity contribution < 1.29 is 14.6 Å². The van der Waals surface area contributed by atoms with Crippen LogP contribution in [0.1, 0.15) is 58.3 Å². The Bertz CT molecular complexity index is 464. The molecule has 3 heteroatoms. The Morgan fingerprint density at radius 3 is 1.90 bits per heavy atom. The van der Waals surface area contributed by atoms with Crippen molar-refractivity contribution in [2.45, 2.75) is 69.5 Å². The van der Waals surface area contributed by atoms with Crippen molar-refractivity contribution in [3.8, 4) is 24.7 Å². The van der Waals surface area contributed by atoms with Crippen LogP contribution in [-0.2, 0) is 9.53 Å². The van der Waals surface area contributed by atoms with Gasteiger partial charge >= 0.3 is 5.97 Å². The molecule has 1 N–H and O–H groups in total. The largest absolute Gasteiger partial charge is 0.443 e. The van der Waals surface area contributed by atoms with Gasteiger partial charge in [0.05, 0.1) is 0 Å². The molecular formula is C18H24O3. The molecular weight excluding hydrogens is 264 g/mol. The average Bonchev–Trinajstić information content (AvgIpc) is 3.10. The minimum absolute atomic E-state index is 0.375. The Morgan fingerprint density at radius 2 is 1.57 bits per heavy atom. The zero-order valence-corrected chi connectivity index (χ0v) is 12.8. The molecule has 0 aromatic rings. The van der Waals surface area contributed by atoms with Crippen LogP contribution in [0.4, 0.5) is 0 Å². The molecule has 0 spiro atoms. The van der Waals surface area contributed by atoms with Crippen LogP contribution in [0.3, 0.4) is 0 Å². The maximum absolute atomic E-state index is 11.2. The number of hydrogen-bond acceptors (Lipinski definition) is 3. The minimum Gasteiger partial charge on any atom is -0.443 e. The molecule has 0 aromatic carbocycles. The molecule has 2 aliphatic rings. The number of esters is 1. The highest BCUT2D eigenvalue weighted by molar-refractivity contribution is 5.87. The molecule has 0 bridgehead atoms. The lowest BCUT2D eigenvalue weighted by molar-refractivity contribution is -0.148. The van der Waals surface area contributed by atoms with Gasteiger partial charge in [0.1, 0.15) is 5.60 Å². The van der Waals surface area contributed by atoms with Gasteiger partial charge in [0.15, 0.2) is 5.60 Å². The van der Waals surface area contributed by atoms with Crippen LogP contribution in [0.2, 0.25) is 0 Å². The standard InChI is InChI=1S/C11H14O2.C7H10O/c1-4-11(7-5-6-8-11)13-10(12)9(2)3;1-2-7(8)5-3-4-6-7/h1H,2,5-8H2,3H3;1,8H,3-6H2. The third-order valence-corrected chi connectivity index (χ3v) is 4.01. The van der Waals surface area contributed by atoms with Crippen molar-refractivity contribution in [3.63, 3.8) is 0 Å². The topological polar surface area (TPSA) is 46.5 Å². The van der Waals surface area contributed by atoms with E-state index in [1.807, 2.05) is 0 Å². The number of hydrogen-bond donors (Lipinski definition) is 1. The van der Waals surface area contributed by atoms with E-state index in [-0.39, 0.29) is 5.97 Å². The molecule has 0 radical (unpaired) electrons. The van der Waals surface area contributed by atoms with E-state index < -0.39 is 11.2 Å².